The van der Waals surface area contributed by atoms with Crippen molar-refractivity contribution in [1.82, 2.24) is 4.90 Å². The summed E-state index contributed by atoms with van der Waals surface area (Å²) in [6.45, 7) is -0.396. The summed E-state index contributed by atoms with van der Waals surface area (Å²) >= 11 is 0. The zero-order valence-electron chi connectivity index (χ0n) is 16.7. The fraction of sp³-hybridized carbons (Fsp3) is 0.238. The van der Waals surface area contributed by atoms with Crippen LogP contribution >= 0.6 is 0 Å². The van der Waals surface area contributed by atoms with Crippen molar-refractivity contribution in [2.45, 2.75) is 17.5 Å². The van der Waals surface area contributed by atoms with Crippen LogP contribution in [0.3, 0.4) is 0 Å². The summed E-state index contributed by atoms with van der Waals surface area (Å²) in [5.41, 5.74) is 15.5. The average molecular weight is 453 g/mol. The van der Waals surface area contributed by atoms with Crippen LogP contribution in [0.4, 0.5) is 0 Å². The summed E-state index contributed by atoms with van der Waals surface area (Å²) in [5.74, 6) is -2.16. The summed E-state index contributed by atoms with van der Waals surface area (Å²) in [5, 5.41) is 2.05. The van der Waals surface area contributed by atoms with Gasteiger partial charge in [-0.3, -0.25) is 9.69 Å². The smallest absolute Gasteiger partial charge is 0.356 e. The van der Waals surface area contributed by atoms with Gasteiger partial charge in [0.15, 0.2) is 21.3 Å². The zero-order valence-corrected chi connectivity index (χ0v) is 17.6. The number of fused-ring (bicyclic) bond motifs is 1. The Labute approximate surface area is 183 Å². The summed E-state index contributed by atoms with van der Waals surface area (Å²) in [6.07, 6.45) is -0.805. The molecule has 2 aliphatic rings. The molecule has 2 aromatic rings. The monoisotopic (exact) mass is 453 g/mol. The Morgan fingerprint density at radius 3 is 2.25 bits per heavy atom. The van der Waals surface area contributed by atoms with Gasteiger partial charge < -0.3 is 10.5 Å². The van der Waals surface area contributed by atoms with Gasteiger partial charge in [0, 0.05) is 4.91 Å². The van der Waals surface area contributed by atoms with E-state index in [0.29, 0.717) is 11.1 Å². The van der Waals surface area contributed by atoms with Crippen LogP contribution in [-0.2, 0) is 24.2 Å². The molecule has 0 radical (unpaired) electrons. The lowest BCUT2D eigenvalue weighted by molar-refractivity contribution is -0.153. The van der Waals surface area contributed by atoms with Gasteiger partial charge in [-0.2, -0.15) is 0 Å². The number of azide groups is 1. The van der Waals surface area contributed by atoms with E-state index in [-0.39, 0.29) is 11.3 Å². The van der Waals surface area contributed by atoms with Crippen LogP contribution in [-0.4, -0.2) is 48.9 Å². The summed E-state index contributed by atoms with van der Waals surface area (Å²) in [7, 11) is -3.85. The van der Waals surface area contributed by atoms with Gasteiger partial charge in [-0.25, -0.2) is 13.2 Å². The third-order valence-corrected chi connectivity index (χ3v) is 7.34. The first-order valence-electron chi connectivity index (χ1n) is 9.69. The minimum Gasteiger partial charge on any atom is -0.448 e. The van der Waals surface area contributed by atoms with Crippen molar-refractivity contribution >= 4 is 21.7 Å². The third-order valence-electron chi connectivity index (χ3n) is 5.35. The quantitative estimate of drug-likeness (QED) is 0.231. The Balaban J connectivity index is 1.76. The highest BCUT2D eigenvalue weighted by Crippen LogP contribution is 2.37. The number of β-lactam (4-membered cyclic amide) rings is 1. The Hall–Kier alpha value is -3.66. The predicted molar refractivity (Wildman–Crippen MR) is 114 cm³/mol. The fourth-order valence-electron chi connectivity index (χ4n) is 3.90. The number of hydrogen-bond donors (Lipinski definition) is 1. The summed E-state index contributed by atoms with van der Waals surface area (Å²) < 4.78 is 31.0. The number of benzene rings is 2. The molecule has 2 atom stereocenters. The van der Waals surface area contributed by atoms with Crippen LogP contribution in [0.15, 0.2) is 77.0 Å². The van der Waals surface area contributed by atoms with E-state index in [1.165, 1.54) is 0 Å². The highest BCUT2D eigenvalue weighted by Gasteiger charge is 2.58. The molecule has 0 spiro atoms. The molecule has 10 nitrogen and oxygen atoms in total. The lowest BCUT2D eigenvalue weighted by Gasteiger charge is -2.48. The van der Waals surface area contributed by atoms with Gasteiger partial charge in [0.2, 0.25) is 5.91 Å². The Morgan fingerprint density at radius 1 is 1.16 bits per heavy atom. The second kappa shape index (κ2) is 8.46. The molecule has 11 heteroatoms. The Kier molecular flexibility index (Phi) is 5.70. The van der Waals surface area contributed by atoms with Crippen molar-refractivity contribution in [3.8, 4) is 0 Å². The molecule has 1 saturated heterocycles. The third kappa shape index (κ3) is 3.73. The number of esters is 1. The molecule has 2 N–H and O–H groups in total. The van der Waals surface area contributed by atoms with Gasteiger partial charge in [0.1, 0.15) is 11.7 Å². The molecule has 0 aromatic heterocycles. The van der Waals surface area contributed by atoms with Crippen molar-refractivity contribution < 1.29 is 22.7 Å². The number of nitrogens with two attached hydrogens (primary N) is 1. The van der Waals surface area contributed by atoms with Gasteiger partial charge in [-0.15, -0.1) is 0 Å². The van der Waals surface area contributed by atoms with Crippen LogP contribution in [0.2, 0.25) is 0 Å². The largest absolute Gasteiger partial charge is 0.448 e. The van der Waals surface area contributed by atoms with E-state index >= 15 is 0 Å². The van der Waals surface area contributed by atoms with Crippen molar-refractivity contribution in [3.63, 3.8) is 0 Å². The molecule has 32 heavy (non-hydrogen) atoms. The highest BCUT2D eigenvalue weighted by molar-refractivity contribution is 7.92. The highest BCUT2D eigenvalue weighted by atomic mass is 32.2. The van der Waals surface area contributed by atoms with Crippen LogP contribution < -0.4 is 5.73 Å². The van der Waals surface area contributed by atoms with E-state index in [9.17, 15) is 18.0 Å². The van der Waals surface area contributed by atoms with Crippen LogP contribution in [0.1, 0.15) is 17.2 Å². The number of carbonyl (C=O) groups excluding carboxylic acids is 2. The number of ether oxygens (including phenoxy) is 1. The first-order valence-corrected chi connectivity index (χ1v) is 11.4. The number of nitrogens with zero attached hydrogens (tertiary/aromatic N) is 4. The first kappa shape index (κ1) is 21.6. The van der Waals surface area contributed by atoms with Gasteiger partial charge in [-0.05, 0) is 22.2 Å². The van der Waals surface area contributed by atoms with E-state index in [2.05, 4.69) is 10.0 Å². The second-order valence-electron chi connectivity index (χ2n) is 7.38. The van der Waals surface area contributed by atoms with Crippen LogP contribution in [0.5, 0.6) is 0 Å². The standard InChI is InChI=1S/C21H19N5O5S/c22-16-19(27)26-17(15(11-24-25-23)12-32(29,30)20(16)26)21(28)31-18(13-7-3-1-4-8-13)14-9-5-2-6-10-14/h1-10,16,18,20H,11-12,22H2/t16-,20-/m1/s1. The van der Waals surface area contributed by atoms with Gasteiger partial charge in [0.05, 0.1) is 12.3 Å². The molecule has 4 rings (SSSR count). The molecule has 1 amide bonds. The lowest BCUT2D eigenvalue weighted by Crippen LogP contribution is -2.73. The van der Waals surface area contributed by atoms with E-state index in [1.54, 1.807) is 48.5 Å². The average Bonchev–Trinajstić information content (AvgIpc) is 2.80. The topological polar surface area (TPSA) is 156 Å². The van der Waals surface area contributed by atoms with E-state index < -0.39 is 51.5 Å². The SMILES string of the molecule is [N-]=[N+]=NCC1=C(C(=O)OC(c2ccccc2)c2ccccc2)N2C(=O)[C@@H](N)[C@H]2S(=O)(=O)C1. The predicted octanol–water partition coefficient (Wildman–Crippen LogP) is 1.81. The minimum absolute atomic E-state index is 0.0100. The summed E-state index contributed by atoms with van der Waals surface area (Å²) in [4.78, 5) is 29.3. The van der Waals surface area contributed by atoms with Crippen LogP contribution in [0, 0.1) is 0 Å². The first-order chi connectivity index (χ1) is 15.3. The van der Waals surface area contributed by atoms with E-state index in [4.69, 9.17) is 16.0 Å². The molecule has 0 unspecified atom stereocenters. The molecule has 0 saturated carbocycles. The molecule has 0 aliphatic carbocycles. The van der Waals surface area contributed by atoms with Crippen molar-refractivity contribution in [2.24, 2.45) is 10.8 Å². The summed E-state index contributed by atoms with van der Waals surface area (Å²) in [6, 6.07) is 16.7. The maximum absolute atomic E-state index is 13.3. The molecular formula is C21H19N5O5S. The number of rotatable bonds is 6. The maximum Gasteiger partial charge on any atom is 0.356 e. The molecule has 0 bridgehead atoms. The number of carbonyl (C=O) groups is 2. The molecule has 2 aromatic carbocycles. The minimum atomic E-state index is -3.85. The van der Waals surface area contributed by atoms with Gasteiger partial charge in [0.25, 0.3) is 0 Å². The van der Waals surface area contributed by atoms with Gasteiger partial charge in [-0.1, -0.05) is 65.8 Å². The van der Waals surface area contributed by atoms with Crippen molar-refractivity contribution in [3.05, 3.63) is 93.5 Å². The zero-order chi connectivity index (χ0) is 22.9. The van der Waals surface area contributed by atoms with Crippen molar-refractivity contribution in [1.29, 1.82) is 0 Å². The second-order valence-corrected chi connectivity index (χ2v) is 9.48. The number of amides is 1. The molecule has 2 heterocycles. The maximum atomic E-state index is 13.3. The number of sulfone groups is 1. The van der Waals surface area contributed by atoms with E-state index in [0.717, 1.165) is 4.90 Å². The molecule has 1 fully saturated rings. The van der Waals surface area contributed by atoms with Crippen LogP contribution in [0.25, 0.3) is 10.4 Å². The van der Waals surface area contributed by atoms with Gasteiger partial charge >= 0.3 is 5.97 Å². The Bertz CT molecular complexity index is 1200. The molecular weight excluding hydrogens is 434 g/mol. The lowest BCUT2D eigenvalue weighted by atomic mass is 10.0. The fourth-order valence-corrected chi connectivity index (χ4v) is 5.88. The normalized spacial score (nSPS) is 21.4. The number of hydrogen-bond acceptors (Lipinski definition) is 7. The molecule has 164 valence electrons. The van der Waals surface area contributed by atoms with Crippen molar-refractivity contribution in [2.75, 3.05) is 12.3 Å². The Morgan fingerprint density at radius 2 is 1.72 bits per heavy atom. The molecule has 2 aliphatic heterocycles. The van der Waals surface area contributed by atoms with E-state index in [1.807, 2.05) is 12.1 Å².